The topological polar surface area (TPSA) is 58.6 Å². The van der Waals surface area contributed by atoms with Crippen LogP contribution in [-0.2, 0) is 6.54 Å². The SMILES string of the molecule is COc1ccc2cc(C(=O)NCc3ccccc3)c(O)cc2c1. The zero-order valence-electron chi connectivity index (χ0n) is 12.7. The van der Waals surface area contributed by atoms with E-state index in [2.05, 4.69) is 5.32 Å². The summed E-state index contributed by atoms with van der Waals surface area (Å²) in [7, 11) is 1.59. The van der Waals surface area contributed by atoms with Crippen molar-refractivity contribution in [1.82, 2.24) is 5.32 Å². The van der Waals surface area contributed by atoms with Gasteiger partial charge in [-0.05, 0) is 40.6 Å². The van der Waals surface area contributed by atoms with E-state index in [9.17, 15) is 9.90 Å². The van der Waals surface area contributed by atoms with E-state index in [-0.39, 0.29) is 17.2 Å². The molecule has 0 atom stereocenters. The molecule has 0 fully saturated rings. The highest BCUT2D eigenvalue weighted by Crippen LogP contribution is 2.28. The normalized spacial score (nSPS) is 10.5. The molecule has 3 aromatic carbocycles. The molecule has 0 aliphatic carbocycles. The molecule has 0 heterocycles. The maximum atomic E-state index is 12.3. The Labute approximate surface area is 134 Å². The average Bonchev–Trinajstić information content (AvgIpc) is 2.59. The Balaban J connectivity index is 1.84. The number of nitrogens with one attached hydrogen (secondary N) is 1. The Morgan fingerprint density at radius 1 is 1.04 bits per heavy atom. The predicted molar refractivity (Wildman–Crippen MR) is 89.8 cm³/mol. The zero-order chi connectivity index (χ0) is 16.2. The predicted octanol–water partition coefficient (Wildman–Crippen LogP) is 3.48. The van der Waals surface area contributed by atoms with Crippen molar-refractivity contribution in [2.75, 3.05) is 7.11 Å². The number of methoxy groups -OCH3 is 1. The minimum Gasteiger partial charge on any atom is -0.507 e. The number of hydrogen-bond acceptors (Lipinski definition) is 3. The van der Waals surface area contributed by atoms with Gasteiger partial charge in [-0.15, -0.1) is 0 Å². The third-order valence-electron chi connectivity index (χ3n) is 3.70. The Morgan fingerprint density at radius 2 is 1.83 bits per heavy atom. The van der Waals surface area contributed by atoms with Crippen molar-refractivity contribution in [3.05, 3.63) is 71.8 Å². The van der Waals surface area contributed by atoms with E-state index in [4.69, 9.17) is 4.74 Å². The largest absolute Gasteiger partial charge is 0.507 e. The maximum absolute atomic E-state index is 12.3. The van der Waals surface area contributed by atoms with Crippen LogP contribution in [0.2, 0.25) is 0 Å². The van der Waals surface area contributed by atoms with Crippen molar-refractivity contribution in [3.8, 4) is 11.5 Å². The first-order valence-electron chi connectivity index (χ1n) is 7.30. The highest BCUT2D eigenvalue weighted by Gasteiger charge is 2.12. The van der Waals surface area contributed by atoms with Crippen LogP contribution in [0.5, 0.6) is 11.5 Å². The highest BCUT2D eigenvalue weighted by atomic mass is 16.5. The number of phenolic OH excluding ortho intramolecular Hbond substituents is 1. The molecule has 0 unspecified atom stereocenters. The van der Waals surface area contributed by atoms with Crippen LogP contribution >= 0.6 is 0 Å². The van der Waals surface area contributed by atoms with Crippen LogP contribution in [0.25, 0.3) is 10.8 Å². The summed E-state index contributed by atoms with van der Waals surface area (Å²) in [6.07, 6.45) is 0. The molecule has 4 heteroatoms. The van der Waals surface area contributed by atoms with Crippen LogP contribution < -0.4 is 10.1 Å². The smallest absolute Gasteiger partial charge is 0.255 e. The monoisotopic (exact) mass is 307 g/mol. The third kappa shape index (κ3) is 3.26. The molecule has 3 aromatic rings. The number of benzene rings is 3. The van der Waals surface area contributed by atoms with Crippen LogP contribution in [0.1, 0.15) is 15.9 Å². The van der Waals surface area contributed by atoms with Gasteiger partial charge in [0, 0.05) is 6.54 Å². The fraction of sp³-hybridized carbons (Fsp3) is 0.105. The van der Waals surface area contributed by atoms with Gasteiger partial charge in [0.25, 0.3) is 5.91 Å². The van der Waals surface area contributed by atoms with E-state index in [0.29, 0.717) is 12.3 Å². The molecule has 0 radical (unpaired) electrons. The molecule has 0 saturated carbocycles. The van der Waals surface area contributed by atoms with E-state index in [1.54, 1.807) is 19.2 Å². The van der Waals surface area contributed by atoms with Gasteiger partial charge in [-0.25, -0.2) is 0 Å². The minimum absolute atomic E-state index is 0.0451. The minimum atomic E-state index is -0.302. The second kappa shape index (κ2) is 6.40. The molecular formula is C19H17NO3. The zero-order valence-corrected chi connectivity index (χ0v) is 12.7. The van der Waals surface area contributed by atoms with E-state index in [0.717, 1.165) is 16.3 Å². The lowest BCUT2D eigenvalue weighted by molar-refractivity contribution is 0.0948. The van der Waals surface area contributed by atoms with Crippen LogP contribution in [-0.4, -0.2) is 18.1 Å². The summed E-state index contributed by atoms with van der Waals surface area (Å²) < 4.78 is 5.17. The number of amides is 1. The molecule has 2 N–H and O–H groups in total. The third-order valence-corrected chi connectivity index (χ3v) is 3.70. The van der Waals surface area contributed by atoms with Gasteiger partial charge in [0.2, 0.25) is 0 Å². The number of hydrogen-bond donors (Lipinski definition) is 2. The van der Waals surface area contributed by atoms with Gasteiger partial charge < -0.3 is 15.2 Å². The van der Waals surface area contributed by atoms with Crippen LogP contribution in [0.4, 0.5) is 0 Å². The van der Waals surface area contributed by atoms with Crippen molar-refractivity contribution >= 4 is 16.7 Å². The second-order valence-corrected chi connectivity index (χ2v) is 5.25. The molecule has 3 rings (SSSR count). The second-order valence-electron chi connectivity index (χ2n) is 5.25. The average molecular weight is 307 g/mol. The summed E-state index contributed by atoms with van der Waals surface area (Å²) in [5, 5.41) is 14.6. The Morgan fingerprint density at radius 3 is 2.57 bits per heavy atom. The Kier molecular flexibility index (Phi) is 4.15. The van der Waals surface area contributed by atoms with E-state index in [1.807, 2.05) is 48.5 Å². The van der Waals surface area contributed by atoms with Gasteiger partial charge in [0.05, 0.1) is 12.7 Å². The molecule has 4 nitrogen and oxygen atoms in total. The highest BCUT2D eigenvalue weighted by molar-refractivity contribution is 6.01. The number of fused-ring (bicyclic) bond motifs is 1. The van der Waals surface area contributed by atoms with Crippen molar-refractivity contribution in [2.45, 2.75) is 6.54 Å². The number of rotatable bonds is 4. The summed E-state index contributed by atoms with van der Waals surface area (Å²) in [5.41, 5.74) is 1.27. The first-order chi connectivity index (χ1) is 11.2. The molecule has 0 spiro atoms. The fourth-order valence-corrected chi connectivity index (χ4v) is 2.45. The van der Waals surface area contributed by atoms with Gasteiger partial charge in [0.15, 0.2) is 0 Å². The van der Waals surface area contributed by atoms with E-state index < -0.39 is 0 Å². The van der Waals surface area contributed by atoms with Crippen LogP contribution in [0.15, 0.2) is 60.7 Å². The quantitative estimate of drug-likeness (QED) is 0.776. The Bertz CT molecular complexity index is 844. The van der Waals surface area contributed by atoms with Crippen molar-refractivity contribution in [1.29, 1.82) is 0 Å². The number of carbonyl (C=O) groups is 1. The summed E-state index contributed by atoms with van der Waals surface area (Å²) in [5.74, 6) is 0.360. The first kappa shape index (κ1) is 14.9. The summed E-state index contributed by atoms with van der Waals surface area (Å²) >= 11 is 0. The van der Waals surface area contributed by atoms with Gasteiger partial charge in [0.1, 0.15) is 11.5 Å². The van der Waals surface area contributed by atoms with Gasteiger partial charge in [-0.2, -0.15) is 0 Å². The molecule has 1 amide bonds. The van der Waals surface area contributed by atoms with Gasteiger partial charge in [-0.3, -0.25) is 4.79 Å². The van der Waals surface area contributed by atoms with Crippen molar-refractivity contribution in [2.24, 2.45) is 0 Å². The molecule has 0 saturated heterocycles. The van der Waals surface area contributed by atoms with E-state index >= 15 is 0 Å². The molecular weight excluding hydrogens is 290 g/mol. The molecule has 116 valence electrons. The number of carbonyl (C=O) groups excluding carboxylic acids is 1. The van der Waals surface area contributed by atoms with Crippen molar-refractivity contribution in [3.63, 3.8) is 0 Å². The number of aromatic hydroxyl groups is 1. The summed E-state index contributed by atoms with van der Waals surface area (Å²) in [4.78, 5) is 12.3. The standard InChI is InChI=1S/C19H17NO3/c1-23-16-8-7-14-10-17(18(21)11-15(14)9-16)19(22)20-12-13-5-3-2-4-6-13/h2-11,21H,12H2,1H3,(H,20,22). The molecule has 23 heavy (non-hydrogen) atoms. The fourth-order valence-electron chi connectivity index (χ4n) is 2.45. The summed E-state index contributed by atoms with van der Waals surface area (Å²) in [6, 6.07) is 18.4. The van der Waals surface area contributed by atoms with Crippen LogP contribution in [0.3, 0.4) is 0 Å². The lowest BCUT2D eigenvalue weighted by atomic mass is 10.0. The summed E-state index contributed by atoms with van der Waals surface area (Å²) in [6.45, 7) is 0.416. The number of ether oxygens (including phenoxy) is 1. The maximum Gasteiger partial charge on any atom is 0.255 e. The number of phenols is 1. The lowest BCUT2D eigenvalue weighted by Crippen LogP contribution is -2.22. The lowest BCUT2D eigenvalue weighted by Gasteiger charge is -2.09. The first-order valence-corrected chi connectivity index (χ1v) is 7.30. The molecule has 0 aliphatic rings. The Hall–Kier alpha value is -3.01. The van der Waals surface area contributed by atoms with E-state index in [1.165, 1.54) is 0 Å². The van der Waals surface area contributed by atoms with Gasteiger partial charge in [-0.1, -0.05) is 36.4 Å². The van der Waals surface area contributed by atoms with Crippen LogP contribution in [0, 0.1) is 0 Å². The van der Waals surface area contributed by atoms with Crippen molar-refractivity contribution < 1.29 is 14.6 Å². The molecule has 0 aliphatic heterocycles. The molecule has 0 aromatic heterocycles. The van der Waals surface area contributed by atoms with Gasteiger partial charge >= 0.3 is 0 Å². The molecule has 0 bridgehead atoms.